The highest BCUT2D eigenvalue weighted by Crippen LogP contribution is 2.51. The lowest BCUT2D eigenvalue weighted by atomic mass is 10.1. The predicted molar refractivity (Wildman–Crippen MR) is 116 cm³/mol. The molecule has 2 aliphatic heterocycles. The average molecular weight is 467 g/mol. The lowest BCUT2D eigenvalue weighted by Gasteiger charge is -2.41. The normalized spacial score (nSPS) is 23.9. The van der Waals surface area contributed by atoms with Crippen molar-refractivity contribution in [2.24, 2.45) is 0 Å². The molecule has 2 saturated heterocycles. The summed E-state index contributed by atoms with van der Waals surface area (Å²) < 4.78 is 7.21. The quantitative estimate of drug-likeness (QED) is 0.672. The van der Waals surface area contributed by atoms with Crippen LogP contribution in [0.3, 0.4) is 0 Å². The van der Waals surface area contributed by atoms with E-state index in [-0.39, 0.29) is 30.2 Å². The monoisotopic (exact) mass is 466 g/mol. The lowest BCUT2D eigenvalue weighted by Crippen LogP contribution is -2.56. The van der Waals surface area contributed by atoms with Gasteiger partial charge in [-0.05, 0) is 49.4 Å². The van der Waals surface area contributed by atoms with E-state index in [0.717, 1.165) is 41.5 Å². The number of halogens is 1. The first kappa shape index (κ1) is 19.5. The molecule has 5 rings (SSSR count). The van der Waals surface area contributed by atoms with E-state index in [1.165, 1.54) is 0 Å². The number of pyridine rings is 1. The highest BCUT2D eigenvalue weighted by atomic mass is 79.9. The summed E-state index contributed by atoms with van der Waals surface area (Å²) in [4.78, 5) is 21.7. The van der Waals surface area contributed by atoms with Crippen molar-refractivity contribution in [3.63, 3.8) is 0 Å². The van der Waals surface area contributed by atoms with Crippen molar-refractivity contribution in [2.75, 3.05) is 24.6 Å². The van der Waals surface area contributed by atoms with Crippen molar-refractivity contribution in [3.8, 4) is 6.07 Å². The Morgan fingerprint density at radius 2 is 1.93 bits per heavy atom. The maximum atomic E-state index is 13.0. The molecule has 2 atom stereocenters. The Labute approximate surface area is 184 Å². The van der Waals surface area contributed by atoms with Gasteiger partial charge in [0.05, 0.1) is 11.2 Å². The van der Waals surface area contributed by atoms with Gasteiger partial charge in [-0.2, -0.15) is 5.26 Å². The number of hydrogen-bond donors (Lipinski definition) is 0. The number of fused-ring (bicyclic) bond motifs is 2. The third-order valence-electron chi connectivity index (χ3n) is 6.52. The molecule has 154 valence electrons. The first-order chi connectivity index (χ1) is 14.6. The maximum Gasteiger partial charge on any atom is 0.248 e. The molecule has 1 amide bonds. The summed E-state index contributed by atoms with van der Waals surface area (Å²) in [5.74, 6) is 0.966. The Morgan fingerprint density at radius 1 is 1.20 bits per heavy atom. The molecule has 3 heterocycles. The van der Waals surface area contributed by atoms with Crippen molar-refractivity contribution < 1.29 is 9.53 Å². The molecule has 3 aliphatic rings. The number of carbonyl (C=O) groups is 1. The van der Waals surface area contributed by atoms with Crippen LogP contribution in [0.2, 0.25) is 0 Å². The summed E-state index contributed by atoms with van der Waals surface area (Å²) in [6.45, 7) is 1.51. The zero-order valence-electron chi connectivity index (χ0n) is 16.6. The molecule has 3 fully saturated rings. The molecule has 1 aromatic heterocycles. The van der Waals surface area contributed by atoms with Crippen LogP contribution in [0, 0.1) is 11.3 Å². The zero-order chi connectivity index (χ0) is 20.7. The number of piperazine rings is 1. The number of benzene rings is 1. The van der Waals surface area contributed by atoms with E-state index < -0.39 is 0 Å². The number of likely N-dealkylation sites (tertiary alicyclic amines) is 1. The van der Waals surface area contributed by atoms with E-state index in [2.05, 4.69) is 37.9 Å². The van der Waals surface area contributed by atoms with Gasteiger partial charge < -0.3 is 14.5 Å². The van der Waals surface area contributed by atoms with Gasteiger partial charge >= 0.3 is 0 Å². The third kappa shape index (κ3) is 3.48. The van der Waals surface area contributed by atoms with Crippen LogP contribution in [-0.2, 0) is 15.1 Å². The topological polar surface area (TPSA) is 69.5 Å². The molecule has 0 radical (unpaired) electrons. The molecule has 2 bridgehead atoms. The number of nitrogens with zero attached hydrogens (tertiary/aromatic N) is 4. The number of rotatable bonds is 5. The Kier molecular flexibility index (Phi) is 5.00. The number of nitriles is 1. The maximum absolute atomic E-state index is 13.0. The van der Waals surface area contributed by atoms with Gasteiger partial charge in [-0.15, -0.1) is 0 Å². The van der Waals surface area contributed by atoms with Gasteiger partial charge in [-0.25, -0.2) is 4.98 Å². The van der Waals surface area contributed by atoms with Crippen LogP contribution in [-0.4, -0.2) is 47.6 Å². The van der Waals surface area contributed by atoms with Crippen molar-refractivity contribution in [3.05, 3.63) is 58.2 Å². The number of ether oxygens (including phenoxy) is 1. The first-order valence-electron chi connectivity index (χ1n) is 10.4. The second kappa shape index (κ2) is 7.68. The van der Waals surface area contributed by atoms with Gasteiger partial charge in [-0.3, -0.25) is 4.79 Å². The molecular weight excluding hydrogens is 444 g/mol. The molecule has 1 saturated carbocycles. The van der Waals surface area contributed by atoms with Crippen molar-refractivity contribution in [1.29, 1.82) is 5.26 Å². The molecule has 1 aliphatic carbocycles. The SMILES string of the molecule is N#Cc1ccc(N2C3CCC2CN(C(=O)COC2(c4ccccc4Br)CC2)C3)nc1. The van der Waals surface area contributed by atoms with Crippen LogP contribution < -0.4 is 4.90 Å². The molecule has 6 nitrogen and oxygen atoms in total. The number of amides is 1. The van der Waals surface area contributed by atoms with Gasteiger partial charge in [-0.1, -0.05) is 34.1 Å². The highest BCUT2D eigenvalue weighted by molar-refractivity contribution is 9.10. The fraction of sp³-hybridized carbons (Fsp3) is 0.435. The van der Waals surface area contributed by atoms with E-state index in [9.17, 15) is 4.79 Å². The Morgan fingerprint density at radius 3 is 2.53 bits per heavy atom. The molecule has 2 unspecified atom stereocenters. The van der Waals surface area contributed by atoms with E-state index in [1.54, 1.807) is 6.20 Å². The van der Waals surface area contributed by atoms with Crippen molar-refractivity contribution in [1.82, 2.24) is 9.88 Å². The zero-order valence-corrected chi connectivity index (χ0v) is 18.2. The molecular formula is C23H23BrN4O2. The summed E-state index contributed by atoms with van der Waals surface area (Å²) in [6, 6.07) is 14.5. The van der Waals surface area contributed by atoms with Crippen LogP contribution in [0.1, 0.15) is 36.8 Å². The number of hydrogen-bond acceptors (Lipinski definition) is 5. The Balaban J connectivity index is 1.23. The van der Waals surface area contributed by atoms with Crippen LogP contribution in [0.25, 0.3) is 0 Å². The van der Waals surface area contributed by atoms with Crippen molar-refractivity contribution >= 4 is 27.7 Å². The molecule has 0 spiro atoms. The lowest BCUT2D eigenvalue weighted by molar-refractivity contribution is -0.140. The second-order valence-corrected chi connectivity index (χ2v) is 9.23. The average Bonchev–Trinajstić information content (AvgIpc) is 3.51. The molecule has 7 heteroatoms. The predicted octanol–water partition coefficient (Wildman–Crippen LogP) is 3.60. The van der Waals surface area contributed by atoms with E-state index in [4.69, 9.17) is 10.00 Å². The smallest absolute Gasteiger partial charge is 0.248 e. The van der Waals surface area contributed by atoms with Crippen LogP contribution in [0.5, 0.6) is 0 Å². The number of carbonyl (C=O) groups excluding carboxylic acids is 1. The van der Waals surface area contributed by atoms with Gasteiger partial charge in [0, 0.05) is 35.8 Å². The van der Waals surface area contributed by atoms with E-state index in [0.29, 0.717) is 18.7 Å². The highest BCUT2D eigenvalue weighted by Gasteiger charge is 2.48. The summed E-state index contributed by atoms with van der Waals surface area (Å²) in [5.41, 5.74) is 1.38. The minimum Gasteiger partial charge on any atom is -0.360 e. The summed E-state index contributed by atoms with van der Waals surface area (Å²) in [6.07, 6.45) is 5.63. The summed E-state index contributed by atoms with van der Waals surface area (Å²) in [7, 11) is 0. The van der Waals surface area contributed by atoms with Gasteiger partial charge in [0.25, 0.3) is 0 Å². The number of aromatic nitrogens is 1. The molecule has 1 aromatic carbocycles. The molecule has 30 heavy (non-hydrogen) atoms. The van der Waals surface area contributed by atoms with E-state index >= 15 is 0 Å². The number of anilines is 1. The van der Waals surface area contributed by atoms with Gasteiger partial charge in [0.2, 0.25) is 5.91 Å². The summed E-state index contributed by atoms with van der Waals surface area (Å²) in [5, 5.41) is 8.99. The van der Waals surface area contributed by atoms with Crippen LogP contribution in [0.15, 0.2) is 47.1 Å². The van der Waals surface area contributed by atoms with Gasteiger partial charge in [0.15, 0.2) is 0 Å². The minimum atomic E-state index is -0.317. The largest absolute Gasteiger partial charge is 0.360 e. The first-order valence-corrected chi connectivity index (χ1v) is 11.2. The van der Waals surface area contributed by atoms with Gasteiger partial charge in [0.1, 0.15) is 18.5 Å². The summed E-state index contributed by atoms with van der Waals surface area (Å²) >= 11 is 3.61. The van der Waals surface area contributed by atoms with Crippen LogP contribution in [0.4, 0.5) is 5.82 Å². The molecule has 2 aromatic rings. The van der Waals surface area contributed by atoms with E-state index in [1.807, 2.05) is 35.2 Å². The minimum absolute atomic E-state index is 0.0673. The second-order valence-electron chi connectivity index (χ2n) is 8.37. The fourth-order valence-corrected chi connectivity index (χ4v) is 5.46. The standard InChI is InChI=1S/C23H23BrN4O2/c24-20-4-2-1-3-19(20)23(9-10-23)30-15-22(29)27-13-17-6-7-18(14-27)28(17)21-8-5-16(11-25)12-26-21/h1-5,8,12,17-18H,6-7,9-10,13-15H2. The Bertz CT molecular complexity index is 985. The Hall–Kier alpha value is -2.43. The van der Waals surface area contributed by atoms with Crippen molar-refractivity contribution in [2.45, 2.75) is 43.4 Å². The third-order valence-corrected chi connectivity index (χ3v) is 7.21. The molecule has 0 N–H and O–H groups in total. The fourth-order valence-electron chi connectivity index (χ4n) is 4.81. The van der Waals surface area contributed by atoms with Crippen LogP contribution >= 0.6 is 15.9 Å².